The number of hydrogen-bond acceptors (Lipinski definition) is 6. The zero-order valence-corrected chi connectivity index (χ0v) is 31.0. The monoisotopic (exact) mass is 678 g/mol. The van der Waals surface area contributed by atoms with Gasteiger partial charge in [0, 0.05) is 17.5 Å². The standard InChI is InChI=1S/C35H58N4O7S/c1-11-14-32(17-18-32)47(45,46)37-27(42)35(19-22(35)12-2)36-25(40)23-20-34(31(9,10)33(34)15-13-16-33)21-38(23)26(41)24(29(3,4)5)39(28(43)44)30(6,7)8/h22-24H,11-21H2,1-10H3,(H,36,40)(H,37,42)(H,43,44)/t22-,23-,24+,34+,35+/m0/s1. The van der Waals surface area contributed by atoms with E-state index < -0.39 is 67.2 Å². The van der Waals surface area contributed by atoms with Crippen molar-refractivity contribution in [3.8, 4) is 0 Å². The Balaban J connectivity index is 1.48. The average molecular weight is 679 g/mol. The Morgan fingerprint density at radius 1 is 0.957 bits per heavy atom. The van der Waals surface area contributed by atoms with E-state index in [2.05, 4.69) is 23.9 Å². The summed E-state index contributed by atoms with van der Waals surface area (Å²) in [5, 5.41) is 13.4. The highest BCUT2D eigenvalue weighted by molar-refractivity contribution is 7.91. The molecule has 11 nitrogen and oxygen atoms in total. The maximum absolute atomic E-state index is 14.8. The number of nitrogens with one attached hydrogen (secondary N) is 2. The van der Waals surface area contributed by atoms with Gasteiger partial charge in [0.1, 0.15) is 17.6 Å². The number of carbonyl (C=O) groups excluding carboxylic acids is 3. The Labute approximate surface area is 281 Å². The van der Waals surface area contributed by atoms with Crippen molar-refractivity contribution in [2.45, 2.75) is 161 Å². The van der Waals surface area contributed by atoms with Gasteiger partial charge in [0.15, 0.2) is 0 Å². The van der Waals surface area contributed by atoms with Gasteiger partial charge in [-0.15, -0.1) is 0 Å². The quantitative estimate of drug-likeness (QED) is 0.293. The molecule has 0 bridgehead atoms. The van der Waals surface area contributed by atoms with Crippen LogP contribution in [0.25, 0.3) is 0 Å². The van der Waals surface area contributed by atoms with Gasteiger partial charge in [0.05, 0.1) is 4.75 Å². The van der Waals surface area contributed by atoms with Crippen LogP contribution in [0.5, 0.6) is 0 Å². The minimum absolute atomic E-state index is 0.00777. The van der Waals surface area contributed by atoms with Crippen LogP contribution in [0.15, 0.2) is 0 Å². The number of carbonyl (C=O) groups is 4. The molecule has 1 heterocycles. The molecule has 0 aromatic heterocycles. The van der Waals surface area contributed by atoms with Gasteiger partial charge >= 0.3 is 6.09 Å². The van der Waals surface area contributed by atoms with Crippen molar-refractivity contribution in [2.75, 3.05) is 6.54 Å². The van der Waals surface area contributed by atoms with Gasteiger partial charge in [-0.2, -0.15) is 0 Å². The molecule has 5 fully saturated rings. The van der Waals surface area contributed by atoms with Crippen molar-refractivity contribution in [3.05, 3.63) is 0 Å². The zero-order valence-electron chi connectivity index (χ0n) is 30.2. The van der Waals surface area contributed by atoms with Crippen LogP contribution >= 0.6 is 0 Å². The SMILES string of the molecule is CCCC1(S(=O)(=O)NC(=O)[C@@]2(NC(=O)[C@@H]3C[C@@]4(CN3C(=O)[C@@H](N(C(=O)O)C(C)(C)C)C(C)(C)C)C(C)(C)C43CCC3)C[C@@H]2CC)CC1. The van der Waals surface area contributed by atoms with Gasteiger partial charge in [0.25, 0.3) is 5.91 Å². The first-order chi connectivity index (χ1) is 21.4. The van der Waals surface area contributed by atoms with E-state index in [1.54, 1.807) is 25.7 Å². The third kappa shape index (κ3) is 5.11. The molecule has 4 aliphatic carbocycles. The predicted molar refractivity (Wildman–Crippen MR) is 179 cm³/mol. The summed E-state index contributed by atoms with van der Waals surface area (Å²) in [4.78, 5) is 58.7. The molecule has 0 unspecified atom stereocenters. The lowest BCUT2D eigenvalue weighted by atomic mass is 9.73. The maximum Gasteiger partial charge on any atom is 0.408 e. The van der Waals surface area contributed by atoms with Crippen molar-refractivity contribution in [1.82, 2.24) is 19.8 Å². The summed E-state index contributed by atoms with van der Waals surface area (Å²) in [7, 11) is -3.93. The Morgan fingerprint density at radius 2 is 1.55 bits per heavy atom. The molecule has 4 amide bonds. The van der Waals surface area contributed by atoms with E-state index in [1.165, 1.54) is 4.90 Å². The molecular formula is C35H58N4O7S. The highest BCUT2D eigenvalue weighted by Gasteiger charge is 2.85. The van der Waals surface area contributed by atoms with E-state index in [9.17, 15) is 32.7 Å². The number of amides is 4. The van der Waals surface area contributed by atoms with Crippen LogP contribution in [-0.2, 0) is 24.4 Å². The summed E-state index contributed by atoms with van der Waals surface area (Å²) >= 11 is 0. The highest BCUT2D eigenvalue weighted by atomic mass is 32.2. The average Bonchev–Trinajstić information content (AvgIpc) is 3.83. The van der Waals surface area contributed by atoms with Crippen LogP contribution in [0.2, 0.25) is 0 Å². The lowest BCUT2D eigenvalue weighted by Gasteiger charge is -2.46. The third-order valence-electron chi connectivity index (χ3n) is 13.3. The van der Waals surface area contributed by atoms with Crippen LogP contribution < -0.4 is 10.0 Å². The fourth-order valence-corrected chi connectivity index (χ4v) is 11.8. The molecule has 5 aliphatic rings. The Kier molecular flexibility index (Phi) is 8.27. The largest absolute Gasteiger partial charge is 0.465 e. The number of nitrogens with zero attached hydrogens (tertiary/aromatic N) is 2. The topological polar surface area (TPSA) is 153 Å². The molecular weight excluding hydrogens is 620 g/mol. The Hall–Kier alpha value is -2.37. The number of rotatable bonds is 10. The molecule has 12 heteroatoms. The van der Waals surface area contributed by atoms with Crippen molar-refractivity contribution in [1.29, 1.82) is 0 Å². The lowest BCUT2D eigenvalue weighted by molar-refractivity contribution is -0.148. The molecule has 2 spiro atoms. The number of fused-ring (bicyclic) bond motifs is 1. The summed E-state index contributed by atoms with van der Waals surface area (Å²) in [5.41, 5.74) is -3.47. The molecule has 0 radical (unpaired) electrons. The molecule has 1 saturated heterocycles. The van der Waals surface area contributed by atoms with Crippen LogP contribution in [0, 0.1) is 27.6 Å². The first-order valence-electron chi connectivity index (χ1n) is 17.7. The first-order valence-corrected chi connectivity index (χ1v) is 19.1. The van der Waals surface area contributed by atoms with E-state index in [1.807, 2.05) is 34.6 Å². The predicted octanol–water partition coefficient (Wildman–Crippen LogP) is 5.04. The molecule has 1 aliphatic heterocycles. The van der Waals surface area contributed by atoms with E-state index in [4.69, 9.17) is 0 Å². The molecule has 3 N–H and O–H groups in total. The number of carboxylic acid groups (broad SMARTS) is 1. The second kappa shape index (κ2) is 10.8. The molecule has 266 valence electrons. The lowest BCUT2D eigenvalue weighted by Crippen LogP contribution is -2.64. The van der Waals surface area contributed by atoms with Crippen LogP contribution in [0.1, 0.15) is 133 Å². The molecule has 4 saturated carbocycles. The van der Waals surface area contributed by atoms with Gasteiger partial charge in [0.2, 0.25) is 21.8 Å². The fraction of sp³-hybridized carbons (Fsp3) is 0.886. The van der Waals surface area contributed by atoms with E-state index in [-0.39, 0.29) is 22.2 Å². The molecule has 5 rings (SSSR count). The number of hydrogen-bond donors (Lipinski definition) is 3. The van der Waals surface area contributed by atoms with Crippen LogP contribution in [0.4, 0.5) is 4.79 Å². The minimum Gasteiger partial charge on any atom is -0.465 e. The van der Waals surface area contributed by atoms with Gasteiger partial charge in [-0.3, -0.25) is 24.0 Å². The van der Waals surface area contributed by atoms with Crippen molar-refractivity contribution < 1.29 is 32.7 Å². The maximum atomic E-state index is 14.8. The summed E-state index contributed by atoms with van der Waals surface area (Å²) in [6, 6.07) is -1.99. The normalized spacial score (nSPS) is 31.9. The smallest absolute Gasteiger partial charge is 0.408 e. The summed E-state index contributed by atoms with van der Waals surface area (Å²) in [5.74, 6) is -1.83. The first kappa shape index (κ1) is 35.9. The van der Waals surface area contributed by atoms with E-state index >= 15 is 0 Å². The second-order valence-corrected chi connectivity index (χ2v) is 20.1. The van der Waals surface area contributed by atoms with Gasteiger partial charge < -0.3 is 15.3 Å². The van der Waals surface area contributed by atoms with Crippen LogP contribution in [-0.4, -0.2) is 81.6 Å². The second-order valence-electron chi connectivity index (χ2n) is 18.1. The molecule has 47 heavy (non-hydrogen) atoms. The Morgan fingerprint density at radius 3 is 1.94 bits per heavy atom. The van der Waals surface area contributed by atoms with Crippen molar-refractivity contribution >= 4 is 33.8 Å². The van der Waals surface area contributed by atoms with E-state index in [0.29, 0.717) is 51.5 Å². The van der Waals surface area contributed by atoms with Gasteiger partial charge in [-0.25, -0.2) is 13.2 Å². The Bertz CT molecular complexity index is 1450. The number of likely N-dealkylation sites (tertiary alicyclic amines) is 1. The summed E-state index contributed by atoms with van der Waals surface area (Å²) in [6.07, 6.45) is 5.41. The minimum atomic E-state index is -3.93. The van der Waals surface area contributed by atoms with Gasteiger partial charge in [-0.05, 0) is 87.9 Å². The zero-order chi connectivity index (χ0) is 35.4. The molecule has 0 aromatic carbocycles. The summed E-state index contributed by atoms with van der Waals surface area (Å²) < 4.78 is 28.2. The van der Waals surface area contributed by atoms with Gasteiger partial charge in [-0.1, -0.05) is 67.7 Å². The molecule has 0 aromatic rings. The molecule has 5 atom stereocenters. The third-order valence-corrected chi connectivity index (χ3v) is 15.5. The summed E-state index contributed by atoms with van der Waals surface area (Å²) in [6.45, 7) is 19.4. The fourth-order valence-electron chi connectivity index (χ4n) is 10.1. The van der Waals surface area contributed by atoms with Crippen molar-refractivity contribution in [2.24, 2.45) is 27.6 Å². The number of sulfonamides is 1. The highest BCUT2D eigenvalue weighted by Crippen LogP contribution is 2.88. The van der Waals surface area contributed by atoms with Crippen molar-refractivity contribution in [3.63, 3.8) is 0 Å². The van der Waals surface area contributed by atoms with Crippen LogP contribution in [0.3, 0.4) is 0 Å². The van der Waals surface area contributed by atoms with E-state index in [0.717, 1.165) is 19.3 Å².